The Hall–Kier alpha value is -1.91. The van der Waals surface area contributed by atoms with Crippen molar-refractivity contribution in [2.75, 3.05) is 37.0 Å². The Morgan fingerprint density at radius 1 is 1.19 bits per heavy atom. The molecule has 170 valence electrons. The molecule has 10 heteroatoms. The average Bonchev–Trinajstić information content (AvgIpc) is 3.21. The van der Waals surface area contributed by atoms with E-state index in [1.54, 1.807) is 43.3 Å². The summed E-state index contributed by atoms with van der Waals surface area (Å²) in [6.07, 6.45) is 0. The second-order valence-corrected chi connectivity index (χ2v) is 11.0. The van der Waals surface area contributed by atoms with Crippen LogP contribution in [0.3, 0.4) is 0 Å². The summed E-state index contributed by atoms with van der Waals surface area (Å²) in [4.78, 5) is 20.0. The maximum atomic E-state index is 13.8. The van der Waals surface area contributed by atoms with Gasteiger partial charge in [-0.05, 0) is 55.8 Å². The molecule has 0 aliphatic carbocycles. The first-order valence-corrected chi connectivity index (χ1v) is 13.1. The van der Waals surface area contributed by atoms with E-state index in [9.17, 15) is 13.2 Å². The molecule has 0 N–H and O–H groups in total. The Labute approximate surface area is 197 Å². The number of hydrogen-bond donors (Lipinski definition) is 0. The van der Waals surface area contributed by atoms with Crippen LogP contribution in [0, 0.1) is 6.92 Å². The largest absolute Gasteiger partial charge is 0.379 e. The van der Waals surface area contributed by atoms with Gasteiger partial charge in [0, 0.05) is 29.4 Å². The Morgan fingerprint density at radius 3 is 2.50 bits per heavy atom. The van der Waals surface area contributed by atoms with Crippen molar-refractivity contribution in [2.24, 2.45) is 4.99 Å². The zero-order chi connectivity index (χ0) is 22.9. The lowest BCUT2D eigenvalue weighted by atomic mass is 10.1. The molecule has 32 heavy (non-hydrogen) atoms. The van der Waals surface area contributed by atoms with Gasteiger partial charge in [0.1, 0.15) is 0 Å². The molecule has 1 atom stereocenters. The van der Waals surface area contributed by atoms with E-state index in [1.807, 2.05) is 6.92 Å². The van der Waals surface area contributed by atoms with Crippen molar-refractivity contribution in [2.45, 2.75) is 24.8 Å². The molecule has 1 amide bonds. The van der Waals surface area contributed by atoms with Gasteiger partial charge in [0.25, 0.3) is 5.91 Å². The van der Waals surface area contributed by atoms with E-state index in [-0.39, 0.29) is 16.8 Å². The number of amides is 1. The number of aliphatic imine (C=N–C) groups is 1. The van der Waals surface area contributed by atoms with Crippen molar-refractivity contribution >= 4 is 50.1 Å². The van der Waals surface area contributed by atoms with Crippen LogP contribution in [-0.2, 0) is 14.8 Å². The van der Waals surface area contributed by atoms with E-state index in [0.717, 1.165) is 5.75 Å². The highest BCUT2D eigenvalue weighted by atomic mass is 35.5. The van der Waals surface area contributed by atoms with E-state index >= 15 is 0 Å². The first-order chi connectivity index (χ1) is 15.3. The second kappa shape index (κ2) is 9.52. The van der Waals surface area contributed by atoms with E-state index in [1.165, 1.54) is 27.0 Å². The number of aryl methyl sites for hydroxylation is 1. The number of rotatable bonds is 4. The quantitative estimate of drug-likeness (QED) is 0.647. The standard InChI is InChI=1S/C22H24ClN3O4S2/c1-15-3-8-19(32(28,29)25-9-11-30-12-10-25)13-20(15)21(27)26(22-24-16(2)14-31-22)18-6-4-17(23)5-7-18/h3-8,13,16H,9-12,14H2,1-2H3/t16-/m1/s1. The van der Waals surface area contributed by atoms with Crippen LogP contribution in [-0.4, -0.2) is 61.9 Å². The molecule has 7 nitrogen and oxygen atoms in total. The predicted octanol–water partition coefficient (Wildman–Crippen LogP) is 3.81. The van der Waals surface area contributed by atoms with Gasteiger partial charge in [-0.3, -0.25) is 14.7 Å². The average molecular weight is 494 g/mol. The first-order valence-electron chi connectivity index (χ1n) is 10.3. The number of carbonyl (C=O) groups excluding carboxylic acids is 1. The van der Waals surface area contributed by atoms with Crippen LogP contribution in [0.15, 0.2) is 52.4 Å². The van der Waals surface area contributed by atoms with Crippen molar-refractivity contribution in [1.82, 2.24) is 4.31 Å². The maximum absolute atomic E-state index is 13.8. The summed E-state index contributed by atoms with van der Waals surface area (Å²) in [5.74, 6) is 0.445. The van der Waals surface area contributed by atoms with Crippen LogP contribution in [0.4, 0.5) is 5.69 Å². The smallest absolute Gasteiger partial charge is 0.264 e. The lowest BCUT2D eigenvalue weighted by Crippen LogP contribution is -2.40. The fourth-order valence-electron chi connectivity index (χ4n) is 3.53. The van der Waals surface area contributed by atoms with Crippen LogP contribution in [0.2, 0.25) is 5.02 Å². The number of morpholine rings is 1. The number of sulfonamides is 1. The summed E-state index contributed by atoms with van der Waals surface area (Å²) in [5, 5.41) is 1.15. The molecule has 4 rings (SSSR count). The molecule has 2 aliphatic heterocycles. The topological polar surface area (TPSA) is 79.3 Å². The monoisotopic (exact) mass is 493 g/mol. The molecule has 0 spiro atoms. The fourth-order valence-corrected chi connectivity index (χ4v) is 6.13. The van der Waals surface area contributed by atoms with Gasteiger partial charge in [-0.1, -0.05) is 29.4 Å². The molecule has 2 aliphatic rings. The van der Waals surface area contributed by atoms with Crippen LogP contribution >= 0.6 is 23.4 Å². The first kappa shape index (κ1) is 23.3. The van der Waals surface area contributed by atoms with Crippen LogP contribution in [0.1, 0.15) is 22.8 Å². The van der Waals surface area contributed by atoms with E-state index in [4.69, 9.17) is 16.3 Å². The van der Waals surface area contributed by atoms with Crippen molar-refractivity contribution < 1.29 is 17.9 Å². The lowest BCUT2D eigenvalue weighted by Gasteiger charge is -2.27. The normalized spacial score (nSPS) is 19.6. The minimum absolute atomic E-state index is 0.0896. The number of ether oxygens (including phenoxy) is 1. The summed E-state index contributed by atoms with van der Waals surface area (Å²) in [6, 6.07) is 11.7. The van der Waals surface area contributed by atoms with Gasteiger partial charge >= 0.3 is 0 Å². The number of hydrogen-bond acceptors (Lipinski definition) is 6. The van der Waals surface area contributed by atoms with Gasteiger partial charge in [0.15, 0.2) is 5.17 Å². The van der Waals surface area contributed by atoms with E-state index < -0.39 is 10.0 Å². The van der Waals surface area contributed by atoms with Crippen molar-refractivity contribution in [3.8, 4) is 0 Å². The van der Waals surface area contributed by atoms with Crippen molar-refractivity contribution in [3.63, 3.8) is 0 Å². The van der Waals surface area contributed by atoms with Gasteiger partial charge in [-0.25, -0.2) is 8.42 Å². The zero-order valence-electron chi connectivity index (χ0n) is 17.8. The number of carbonyl (C=O) groups is 1. The molecular formula is C22H24ClN3O4S2. The molecule has 0 radical (unpaired) electrons. The Kier molecular flexibility index (Phi) is 6.92. The third kappa shape index (κ3) is 4.72. The molecule has 0 saturated carbocycles. The number of amidine groups is 1. The predicted molar refractivity (Wildman–Crippen MR) is 128 cm³/mol. The Bertz CT molecular complexity index is 1150. The summed E-state index contributed by atoms with van der Waals surface area (Å²) < 4.78 is 33.0. The highest BCUT2D eigenvalue weighted by molar-refractivity contribution is 8.14. The minimum Gasteiger partial charge on any atom is -0.379 e. The second-order valence-electron chi connectivity index (χ2n) is 7.68. The molecule has 0 bridgehead atoms. The SMILES string of the molecule is Cc1ccc(S(=O)(=O)N2CCOCC2)cc1C(=O)N(C1=N[C@H](C)CS1)c1ccc(Cl)cc1. The van der Waals surface area contributed by atoms with Crippen LogP contribution in [0.5, 0.6) is 0 Å². The van der Waals surface area contributed by atoms with Gasteiger partial charge in [-0.2, -0.15) is 4.31 Å². The number of halogens is 1. The van der Waals surface area contributed by atoms with Crippen molar-refractivity contribution in [3.05, 3.63) is 58.6 Å². The van der Waals surface area contributed by atoms with E-state index in [0.29, 0.717) is 53.3 Å². The number of nitrogens with zero attached hydrogens (tertiary/aromatic N) is 3. The highest BCUT2D eigenvalue weighted by Crippen LogP contribution is 2.30. The number of thioether (sulfide) groups is 1. The lowest BCUT2D eigenvalue weighted by molar-refractivity contribution is 0.0730. The molecule has 2 heterocycles. The highest BCUT2D eigenvalue weighted by Gasteiger charge is 2.31. The fraction of sp³-hybridized carbons (Fsp3) is 0.364. The third-order valence-corrected chi connectivity index (χ3v) is 8.65. The van der Waals surface area contributed by atoms with Crippen LogP contribution in [0.25, 0.3) is 0 Å². The summed E-state index contributed by atoms with van der Waals surface area (Å²) in [7, 11) is -3.73. The number of anilines is 1. The molecule has 1 fully saturated rings. The molecule has 1 saturated heterocycles. The van der Waals surface area contributed by atoms with Crippen molar-refractivity contribution in [1.29, 1.82) is 0 Å². The Morgan fingerprint density at radius 2 is 1.88 bits per heavy atom. The third-order valence-electron chi connectivity index (χ3n) is 5.31. The Balaban J connectivity index is 1.75. The number of benzene rings is 2. The summed E-state index contributed by atoms with van der Waals surface area (Å²) >= 11 is 7.55. The van der Waals surface area contributed by atoms with E-state index in [2.05, 4.69) is 4.99 Å². The van der Waals surface area contributed by atoms with Gasteiger partial charge in [0.05, 0.1) is 29.8 Å². The maximum Gasteiger partial charge on any atom is 0.264 e. The van der Waals surface area contributed by atoms with Gasteiger partial charge < -0.3 is 4.74 Å². The molecule has 0 unspecified atom stereocenters. The molecule has 2 aromatic rings. The van der Waals surface area contributed by atoms with Gasteiger partial charge in [0.2, 0.25) is 10.0 Å². The zero-order valence-corrected chi connectivity index (χ0v) is 20.2. The molecule has 0 aromatic heterocycles. The minimum atomic E-state index is -3.73. The summed E-state index contributed by atoms with van der Waals surface area (Å²) in [5.41, 5.74) is 1.63. The van der Waals surface area contributed by atoms with Crippen LogP contribution < -0.4 is 4.90 Å². The van der Waals surface area contributed by atoms with Gasteiger partial charge in [-0.15, -0.1) is 0 Å². The summed E-state index contributed by atoms with van der Waals surface area (Å²) in [6.45, 7) is 5.09. The molecular weight excluding hydrogens is 470 g/mol. The molecule has 2 aromatic carbocycles.